The number of fused-ring (bicyclic) bond motifs is 4. The number of anilines is 9. The molecule has 0 radical (unpaired) electrons. The van der Waals surface area contributed by atoms with Crippen molar-refractivity contribution in [2.24, 2.45) is 0 Å². The van der Waals surface area contributed by atoms with Crippen molar-refractivity contribution >= 4 is 74.3 Å². The second kappa shape index (κ2) is 19.3. The zero-order chi connectivity index (χ0) is 53.6. The number of hydrogen-bond acceptors (Lipinski definition) is 6. The van der Waals surface area contributed by atoms with E-state index >= 15 is 0 Å². The molecule has 11 aromatic carbocycles. The Morgan fingerprint density at radius 2 is 1.00 bits per heavy atom. The van der Waals surface area contributed by atoms with Crippen molar-refractivity contribution in [1.82, 2.24) is 0 Å². The number of benzene rings is 11. The van der Waals surface area contributed by atoms with Crippen LogP contribution >= 0.6 is 0 Å². The van der Waals surface area contributed by atoms with Gasteiger partial charge in [0.15, 0.2) is 0 Å². The van der Waals surface area contributed by atoms with Gasteiger partial charge in [-0.15, -0.1) is 0 Å². The van der Waals surface area contributed by atoms with E-state index in [-0.39, 0.29) is 17.8 Å². The van der Waals surface area contributed by atoms with Gasteiger partial charge in [-0.2, -0.15) is 10.5 Å². The van der Waals surface area contributed by atoms with Gasteiger partial charge < -0.3 is 19.4 Å². The normalized spacial score (nSPS) is 12.5. The van der Waals surface area contributed by atoms with Gasteiger partial charge in [0.1, 0.15) is 11.5 Å². The molecule has 6 nitrogen and oxygen atoms in total. The first kappa shape index (κ1) is 42.2. The third-order valence-corrected chi connectivity index (χ3v) is 14.5. The summed E-state index contributed by atoms with van der Waals surface area (Å²) in [6.07, 6.45) is 0. The molecule has 13 rings (SSSR count). The summed E-state index contributed by atoms with van der Waals surface area (Å²) in [6, 6.07) is 91.6. The van der Waals surface area contributed by atoms with Crippen LogP contribution in [-0.4, -0.2) is 6.71 Å². The molecule has 0 N–H and O–H groups in total. The fourth-order valence-electron chi connectivity index (χ4n) is 11.1. The maximum absolute atomic E-state index is 10.7. The van der Waals surface area contributed by atoms with Crippen LogP contribution in [0.15, 0.2) is 261 Å². The van der Waals surface area contributed by atoms with E-state index in [1.807, 2.05) is 150 Å². The van der Waals surface area contributed by atoms with Crippen LogP contribution in [-0.2, 0) is 0 Å². The average molecular weight is 975 g/mol. The molecule has 11 aromatic rings. The number of ether oxygens (including phenoxy) is 1. The number of nitriles is 2. The van der Waals surface area contributed by atoms with E-state index in [1.54, 1.807) is 0 Å². The van der Waals surface area contributed by atoms with Gasteiger partial charge in [0.25, 0.3) is 6.71 Å². The quantitative estimate of drug-likeness (QED) is 0.127. The highest BCUT2D eigenvalue weighted by atomic mass is 16.5. The van der Waals surface area contributed by atoms with Crippen LogP contribution in [0.5, 0.6) is 11.5 Å². The third kappa shape index (κ3) is 7.92. The summed E-state index contributed by atoms with van der Waals surface area (Å²) in [5.41, 5.74) is 16.3. The first-order valence-electron chi connectivity index (χ1n) is 26.7. The van der Waals surface area contributed by atoms with Crippen LogP contribution < -0.4 is 35.8 Å². The number of aryl methyl sites for hydroxylation is 1. The Kier molecular flexibility index (Phi) is 10.7. The Hall–Kier alpha value is -10.3. The van der Waals surface area contributed by atoms with Crippen LogP contribution in [0.3, 0.4) is 0 Å². The van der Waals surface area contributed by atoms with Crippen molar-refractivity contribution < 1.29 is 8.85 Å². The first-order valence-corrected chi connectivity index (χ1v) is 25.2. The Morgan fingerprint density at radius 1 is 0.421 bits per heavy atom. The highest BCUT2D eigenvalue weighted by Crippen LogP contribution is 2.49. The monoisotopic (exact) mass is 974 g/mol. The van der Waals surface area contributed by atoms with Crippen molar-refractivity contribution in [3.63, 3.8) is 0 Å². The summed E-state index contributed by atoms with van der Waals surface area (Å²) < 4.78 is 34.2. The Balaban J connectivity index is 1.03. The van der Waals surface area contributed by atoms with Crippen molar-refractivity contribution in [2.75, 3.05) is 14.7 Å². The average Bonchev–Trinajstić information content (AvgIpc) is 3.68. The fourth-order valence-corrected chi connectivity index (χ4v) is 11.1. The van der Waals surface area contributed by atoms with Crippen LogP contribution in [0.25, 0.3) is 33.4 Å². The zero-order valence-corrected chi connectivity index (χ0v) is 41.0. The minimum atomic E-state index is -2.61. The van der Waals surface area contributed by atoms with Crippen LogP contribution in [0.2, 0.25) is 0 Å². The van der Waals surface area contributed by atoms with E-state index in [0.717, 1.165) is 89.7 Å². The third-order valence-electron chi connectivity index (χ3n) is 14.5. The highest BCUT2D eigenvalue weighted by molar-refractivity contribution is 6.99. The summed E-state index contributed by atoms with van der Waals surface area (Å²) in [4.78, 5) is 6.48. The van der Waals surface area contributed by atoms with Crippen molar-refractivity contribution in [2.45, 2.75) is 6.85 Å². The molecule has 7 heteroatoms. The van der Waals surface area contributed by atoms with Gasteiger partial charge in [-0.25, -0.2) is 0 Å². The minimum Gasteiger partial charge on any atom is -0.458 e. The fraction of sp³-hybridized carbons (Fsp3) is 0.0145. The molecule has 0 unspecified atom stereocenters. The van der Waals surface area contributed by atoms with Gasteiger partial charge in [-0.3, -0.25) is 0 Å². The van der Waals surface area contributed by atoms with Crippen LogP contribution in [0, 0.1) is 29.5 Å². The highest BCUT2D eigenvalue weighted by Gasteiger charge is 2.42. The number of nitrogens with zero attached hydrogens (tertiary/aromatic N) is 5. The molecule has 0 amide bonds. The molecule has 76 heavy (non-hydrogen) atoms. The molecule has 0 aliphatic carbocycles. The lowest BCUT2D eigenvalue weighted by Gasteiger charge is -2.41. The van der Waals surface area contributed by atoms with Crippen molar-refractivity contribution in [1.29, 1.82) is 10.5 Å². The number of para-hydroxylation sites is 5. The molecule has 0 spiro atoms. The second-order valence-corrected chi connectivity index (χ2v) is 18.9. The smallest absolute Gasteiger partial charge is 0.256 e. The molecule has 0 saturated carbocycles. The molecule has 356 valence electrons. The summed E-state index contributed by atoms with van der Waals surface area (Å²) in [5.74, 6) is 1.38. The minimum absolute atomic E-state index is 0.0559. The molecule has 0 atom stereocenters. The Morgan fingerprint density at radius 3 is 1.63 bits per heavy atom. The lowest BCUT2D eigenvalue weighted by atomic mass is 9.34. The topological polar surface area (TPSA) is 66.5 Å². The molecule has 2 heterocycles. The van der Waals surface area contributed by atoms with E-state index in [4.69, 9.17) is 8.85 Å². The largest absolute Gasteiger partial charge is 0.458 e. The second-order valence-electron chi connectivity index (χ2n) is 18.9. The maximum atomic E-state index is 10.7. The molecular formula is C69H46BN5O. The lowest BCUT2D eigenvalue weighted by Crippen LogP contribution is -2.59. The van der Waals surface area contributed by atoms with Crippen LogP contribution in [0.1, 0.15) is 20.8 Å². The van der Waals surface area contributed by atoms with Gasteiger partial charge >= 0.3 is 0 Å². The van der Waals surface area contributed by atoms with E-state index in [1.165, 1.54) is 6.07 Å². The molecule has 2 aliphatic rings. The molecule has 0 fully saturated rings. The SMILES string of the molecule is [2H]C([2H])([2H])c1cc(C#N)cc(-c2ccc3c(c2)N(c2ccccc2-c2ccccc2)c2cccc4c2B3c2ccc(-c3cc(N(c5ccccc5)c5ccccc5)ccc3C#N)cc2O4)c1N(c1ccccc1)c1ccccc1. The summed E-state index contributed by atoms with van der Waals surface area (Å²) in [5, 5.41) is 21.3. The molecule has 2 aliphatic heterocycles. The van der Waals surface area contributed by atoms with E-state index in [0.29, 0.717) is 28.3 Å². The van der Waals surface area contributed by atoms with Crippen LogP contribution in [0.4, 0.5) is 51.2 Å². The summed E-state index contributed by atoms with van der Waals surface area (Å²) >= 11 is 0. The van der Waals surface area contributed by atoms with Gasteiger partial charge in [-0.1, -0.05) is 152 Å². The van der Waals surface area contributed by atoms with Crippen molar-refractivity contribution in [3.05, 3.63) is 278 Å². The van der Waals surface area contributed by atoms with Gasteiger partial charge in [-0.05, 0) is 155 Å². The van der Waals surface area contributed by atoms with Crippen molar-refractivity contribution in [3.8, 4) is 57.0 Å². The van der Waals surface area contributed by atoms with Gasteiger partial charge in [0, 0.05) is 60.6 Å². The molecule has 0 bridgehead atoms. The summed E-state index contributed by atoms with van der Waals surface area (Å²) in [7, 11) is 0. The molecule has 0 saturated heterocycles. The van der Waals surface area contributed by atoms with Gasteiger partial charge in [0.05, 0.1) is 34.6 Å². The summed E-state index contributed by atoms with van der Waals surface area (Å²) in [6.45, 7) is -2.92. The first-order chi connectivity index (χ1) is 38.7. The predicted molar refractivity (Wildman–Crippen MR) is 312 cm³/mol. The van der Waals surface area contributed by atoms with E-state index in [2.05, 4.69) is 131 Å². The van der Waals surface area contributed by atoms with E-state index in [9.17, 15) is 10.5 Å². The molecule has 0 aromatic heterocycles. The Labute approximate surface area is 447 Å². The van der Waals surface area contributed by atoms with Gasteiger partial charge in [0.2, 0.25) is 0 Å². The zero-order valence-electron chi connectivity index (χ0n) is 44.0. The Bertz CT molecular complexity index is 4130. The standard InChI is InChI=1S/C69H46BN5O/c1-47-40-48(45-71)41-60(69(47)74(55-26-13-5-14-27-55)56-28-15-6-16-29-56)50-35-38-61-65(42-50)75(63-31-18-17-30-58(63)49-20-7-2-8-21-49)64-32-19-33-66-68(64)70(61)62-39-36-51(43-67(62)76-66)59-44-57(37-34-52(59)46-72)73(53-22-9-3-10-23-53)54-24-11-4-12-25-54/h2-44H,1H3/i1D3. The predicted octanol–water partition coefficient (Wildman–Crippen LogP) is 16.1. The lowest BCUT2D eigenvalue weighted by molar-refractivity contribution is 0.488. The maximum Gasteiger partial charge on any atom is 0.256 e. The number of hydrogen-bond donors (Lipinski definition) is 0. The molecular weight excluding hydrogens is 926 g/mol. The van der Waals surface area contributed by atoms with E-state index < -0.39 is 6.85 Å². The number of rotatable bonds is 10.